The zero-order valence-corrected chi connectivity index (χ0v) is 15.2. The van der Waals surface area contributed by atoms with Gasteiger partial charge < -0.3 is 0 Å². The van der Waals surface area contributed by atoms with Crippen LogP contribution in [0.2, 0.25) is 0 Å². The number of aromatic nitrogens is 3. The predicted molar refractivity (Wildman–Crippen MR) is 97.9 cm³/mol. The summed E-state index contributed by atoms with van der Waals surface area (Å²) in [7, 11) is 0. The molecule has 0 unspecified atom stereocenters. The van der Waals surface area contributed by atoms with Crippen molar-refractivity contribution in [2.75, 3.05) is 11.9 Å². The van der Waals surface area contributed by atoms with Gasteiger partial charge in [-0.3, -0.25) is 15.0 Å². The van der Waals surface area contributed by atoms with Gasteiger partial charge in [-0.1, -0.05) is 22.4 Å². The standard InChI is InChI=1S/C18H19N5O2S/c1-12-16(22-25-21-12)15-3-2-9-23(15)11-13-4-6-14(7-5-13)17(24)20-18-19-8-10-26-18/h4-8,10,15H,2-3,9,11H2,1H3,(H,19,20,24)/t15-/m1/s1. The number of hydrogen-bond donors (Lipinski definition) is 1. The van der Waals surface area contributed by atoms with E-state index in [-0.39, 0.29) is 11.9 Å². The summed E-state index contributed by atoms with van der Waals surface area (Å²) in [6.07, 6.45) is 3.86. The number of aryl methyl sites for hydroxylation is 1. The molecule has 1 aromatic carbocycles. The van der Waals surface area contributed by atoms with Crippen LogP contribution in [0.4, 0.5) is 5.13 Å². The van der Waals surface area contributed by atoms with Gasteiger partial charge in [0.15, 0.2) is 5.13 Å². The Bertz CT molecular complexity index is 875. The van der Waals surface area contributed by atoms with Gasteiger partial charge in [0.25, 0.3) is 5.91 Å². The van der Waals surface area contributed by atoms with Gasteiger partial charge in [0, 0.05) is 23.7 Å². The summed E-state index contributed by atoms with van der Waals surface area (Å²) in [6, 6.07) is 7.95. The Hall–Kier alpha value is -2.58. The number of nitrogens with zero attached hydrogens (tertiary/aromatic N) is 4. The highest BCUT2D eigenvalue weighted by Gasteiger charge is 2.30. The number of thiazole rings is 1. The minimum Gasteiger partial charge on any atom is -0.298 e. The second-order valence-corrected chi connectivity index (χ2v) is 7.25. The average molecular weight is 369 g/mol. The van der Waals surface area contributed by atoms with Crippen LogP contribution in [0.5, 0.6) is 0 Å². The molecule has 26 heavy (non-hydrogen) atoms. The van der Waals surface area contributed by atoms with Crippen LogP contribution >= 0.6 is 11.3 Å². The minimum absolute atomic E-state index is 0.144. The summed E-state index contributed by atoms with van der Waals surface area (Å²) in [5.41, 5.74) is 3.58. The molecule has 1 saturated heterocycles. The third-order valence-corrected chi connectivity index (χ3v) is 5.31. The van der Waals surface area contributed by atoms with E-state index in [0.29, 0.717) is 10.7 Å². The number of rotatable bonds is 5. The van der Waals surface area contributed by atoms with Crippen LogP contribution in [-0.2, 0) is 6.54 Å². The molecule has 134 valence electrons. The van der Waals surface area contributed by atoms with Crippen LogP contribution in [0.3, 0.4) is 0 Å². The SMILES string of the molecule is Cc1nonc1[C@H]1CCCN1Cc1ccc(C(=O)Nc2nccs2)cc1. The van der Waals surface area contributed by atoms with E-state index in [1.807, 2.05) is 36.6 Å². The molecular weight excluding hydrogens is 350 g/mol. The van der Waals surface area contributed by atoms with Crippen LogP contribution in [0.1, 0.15) is 46.2 Å². The van der Waals surface area contributed by atoms with Crippen molar-refractivity contribution in [1.29, 1.82) is 0 Å². The molecule has 4 rings (SSSR count). The number of benzene rings is 1. The lowest BCUT2D eigenvalue weighted by molar-refractivity contribution is 0.102. The van der Waals surface area contributed by atoms with E-state index in [1.165, 1.54) is 11.3 Å². The highest BCUT2D eigenvalue weighted by molar-refractivity contribution is 7.13. The Morgan fingerprint density at radius 3 is 2.88 bits per heavy atom. The van der Waals surface area contributed by atoms with Gasteiger partial charge >= 0.3 is 0 Å². The topological polar surface area (TPSA) is 84.2 Å². The van der Waals surface area contributed by atoms with Gasteiger partial charge in [-0.15, -0.1) is 11.3 Å². The summed E-state index contributed by atoms with van der Waals surface area (Å²) in [6.45, 7) is 3.76. The zero-order valence-electron chi connectivity index (χ0n) is 14.4. The van der Waals surface area contributed by atoms with Gasteiger partial charge in [0.05, 0.1) is 6.04 Å². The first-order chi connectivity index (χ1) is 12.7. The normalized spacial score (nSPS) is 17.5. The smallest absolute Gasteiger partial charge is 0.257 e. The first-order valence-corrected chi connectivity index (χ1v) is 9.41. The van der Waals surface area contributed by atoms with Crippen LogP contribution in [-0.4, -0.2) is 32.6 Å². The number of amides is 1. The number of likely N-dealkylation sites (tertiary alicyclic amines) is 1. The van der Waals surface area contributed by atoms with Gasteiger partial charge in [-0.05, 0) is 44.0 Å². The van der Waals surface area contributed by atoms with E-state index in [2.05, 4.69) is 25.5 Å². The maximum absolute atomic E-state index is 12.2. The second kappa shape index (κ2) is 7.35. The van der Waals surface area contributed by atoms with Crippen molar-refractivity contribution in [3.63, 3.8) is 0 Å². The van der Waals surface area contributed by atoms with Gasteiger partial charge in [-0.25, -0.2) is 9.61 Å². The summed E-state index contributed by atoms with van der Waals surface area (Å²) >= 11 is 1.40. The van der Waals surface area contributed by atoms with Crippen LogP contribution < -0.4 is 5.32 Å². The van der Waals surface area contributed by atoms with Gasteiger partial charge in [0.2, 0.25) is 0 Å². The monoisotopic (exact) mass is 369 g/mol. The summed E-state index contributed by atoms with van der Waals surface area (Å²) in [5.74, 6) is -0.144. The Morgan fingerprint density at radius 2 is 2.19 bits per heavy atom. The molecule has 0 spiro atoms. The molecule has 3 aromatic rings. The Balaban J connectivity index is 1.42. The first-order valence-electron chi connectivity index (χ1n) is 8.53. The summed E-state index contributed by atoms with van der Waals surface area (Å²) in [4.78, 5) is 18.7. The number of carbonyl (C=O) groups excluding carboxylic acids is 1. The van der Waals surface area contributed by atoms with Crippen LogP contribution in [0, 0.1) is 6.92 Å². The maximum atomic E-state index is 12.2. The number of nitrogens with one attached hydrogen (secondary N) is 1. The lowest BCUT2D eigenvalue weighted by Gasteiger charge is -2.23. The second-order valence-electron chi connectivity index (χ2n) is 6.35. The predicted octanol–water partition coefficient (Wildman–Crippen LogP) is 3.42. The van der Waals surface area contributed by atoms with Crippen molar-refractivity contribution >= 4 is 22.4 Å². The highest BCUT2D eigenvalue weighted by Crippen LogP contribution is 2.33. The molecule has 1 amide bonds. The zero-order chi connectivity index (χ0) is 17.9. The Kier molecular flexibility index (Phi) is 4.77. The molecule has 7 nitrogen and oxygen atoms in total. The minimum atomic E-state index is -0.144. The average Bonchev–Trinajstić information content (AvgIpc) is 3.38. The molecule has 0 aliphatic carbocycles. The molecule has 2 aromatic heterocycles. The quantitative estimate of drug-likeness (QED) is 0.742. The molecule has 1 aliphatic rings. The Labute approximate surface area is 155 Å². The number of hydrogen-bond acceptors (Lipinski definition) is 7. The van der Waals surface area contributed by atoms with E-state index < -0.39 is 0 Å². The molecule has 8 heteroatoms. The van der Waals surface area contributed by atoms with Crippen molar-refractivity contribution in [2.24, 2.45) is 0 Å². The third kappa shape index (κ3) is 3.51. The molecule has 3 heterocycles. The van der Waals surface area contributed by atoms with Crippen molar-refractivity contribution < 1.29 is 9.42 Å². The van der Waals surface area contributed by atoms with Crippen LogP contribution in [0.25, 0.3) is 0 Å². The first kappa shape index (κ1) is 16.9. The largest absolute Gasteiger partial charge is 0.298 e. The third-order valence-electron chi connectivity index (χ3n) is 4.62. The molecule has 0 radical (unpaired) electrons. The molecule has 1 N–H and O–H groups in total. The number of carbonyl (C=O) groups is 1. The van der Waals surface area contributed by atoms with Crippen LogP contribution in [0.15, 0.2) is 40.5 Å². The highest BCUT2D eigenvalue weighted by atomic mass is 32.1. The maximum Gasteiger partial charge on any atom is 0.257 e. The van der Waals surface area contributed by atoms with Crippen molar-refractivity contribution in [1.82, 2.24) is 20.2 Å². The Morgan fingerprint density at radius 1 is 1.35 bits per heavy atom. The number of anilines is 1. The van der Waals surface area contributed by atoms with E-state index >= 15 is 0 Å². The van der Waals surface area contributed by atoms with E-state index in [9.17, 15) is 4.79 Å². The van der Waals surface area contributed by atoms with Gasteiger partial charge in [-0.2, -0.15) is 0 Å². The van der Waals surface area contributed by atoms with E-state index in [4.69, 9.17) is 4.63 Å². The lowest BCUT2D eigenvalue weighted by Crippen LogP contribution is -2.23. The molecule has 1 atom stereocenters. The van der Waals surface area contributed by atoms with Crippen molar-refractivity contribution in [3.05, 3.63) is 58.4 Å². The fraction of sp³-hybridized carbons (Fsp3) is 0.333. The molecule has 0 bridgehead atoms. The van der Waals surface area contributed by atoms with Crippen molar-refractivity contribution in [3.8, 4) is 0 Å². The molecular formula is C18H19N5O2S. The molecule has 0 saturated carbocycles. The fourth-order valence-corrected chi connectivity index (χ4v) is 3.84. The summed E-state index contributed by atoms with van der Waals surface area (Å²) < 4.78 is 4.87. The van der Waals surface area contributed by atoms with Crippen molar-refractivity contribution in [2.45, 2.75) is 32.4 Å². The molecule has 1 fully saturated rings. The van der Waals surface area contributed by atoms with E-state index in [0.717, 1.165) is 42.9 Å². The fourth-order valence-electron chi connectivity index (χ4n) is 3.32. The summed E-state index contributed by atoms with van der Waals surface area (Å²) in [5, 5.41) is 13.2. The van der Waals surface area contributed by atoms with Gasteiger partial charge in [0.1, 0.15) is 11.4 Å². The van der Waals surface area contributed by atoms with E-state index in [1.54, 1.807) is 6.20 Å². The molecule has 1 aliphatic heterocycles. The lowest BCUT2D eigenvalue weighted by atomic mass is 10.1.